The van der Waals surface area contributed by atoms with Gasteiger partial charge in [-0.25, -0.2) is 0 Å². The number of ketones is 1. The second-order valence-corrected chi connectivity index (χ2v) is 9.38. The zero-order valence-electron chi connectivity index (χ0n) is 21.6. The lowest BCUT2D eigenvalue weighted by Gasteiger charge is -2.36. The fourth-order valence-corrected chi connectivity index (χ4v) is 4.45. The van der Waals surface area contributed by atoms with E-state index in [1.54, 1.807) is 17.9 Å². The van der Waals surface area contributed by atoms with Crippen LogP contribution in [0.15, 0.2) is 48.7 Å². The minimum absolute atomic E-state index is 0.245. The summed E-state index contributed by atoms with van der Waals surface area (Å²) in [7, 11) is 1.79. The van der Waals surface area contributed by atoms with Gasteiger partial charge in [0.25, 0.3) is 0 Å². The summed E-state index contributed by atoms with van der Waals surface area (Å²) in [4.78, 5) is 25.3. The summed E-state index contributed by atoms with van der Waals surface area (Å²) in [5.41, 5.74) is 5.37. The van der Waals surface area contributed by atoms with Gasteiger partial charge in [0.05, 0.1) is 25.2 Å². The quantitative estimate of drug-likeness (QED) is 0.223. The first-order chi connectivity index (χ1) is 16.7. The van der Waals surface area contributed by atoms with Gasteiger partial charge in [-0.05, 0) is 68.7 Å². The van der Waals surface area contributed by atoms with Crippen molar-refractivity contribution in [3.63, 3.8) is 0 Å². The summed E-state index contributed by atoms with van der Waals surface area (Å²) < 4.78 is 7.79. The Morgan fingerprint density at radius 2 is 1.66 bits per heavy atom. The number of hydrogen-bond donors (Lipinski definition) is 0. The molecular formula is C28H37N4O3+. The summed E-state index contributed by atoms with van der Waals surface area (Å²) in [6.45, 7) is 11.4. The zero-order chi connectivity index (χ0) is 25.4. The molecule has 0 aliphatic carbocycles. The predicted molar refractivity (Wildman–Crippen MR) is 136 cm³/mol. The average Bonchev–Trinajstić information content (AvgIpc) is 3.26. The largest absolute Gasteiger partial charge is 0.427 e. The normalized spacial score (nSPS) is 11.5. The van der Waals surface area contributed by atoms with Crippen LogP contribution in [-0.4, -0.2) is 50.9 Å². The van der Waals surface area contributed by atoms with Crippen molar-refractivity contribution in [2.45, 2.75) is 53.5 Å². The monoisotopic (exact) mass is 477 g/mol. The number of benzene rings is 2. The lowest BCUT2D eigenvalue weighted by atomic mass is 9.97. The van der Waals surface area contributed by atoms with Crippen LogP contribution in [0.4, 0.5) is 0 Å². The van der Waals surface area contributed by atoms with Gasteiger partial charge < -0.3 is 9.22 Å². The van der Waals surface area contributed by atoms with Crippen molar-refractivity contribution >= 4 is 11.8 Å². The highest BCUT2D eigenvalue weighted by atomic mass is 16.5. The molecule has 0 bridgehead atoms. The highest BCUT2D eigenvalue weighted by Gasteiger charge is 2.28. The maximum atomic E-state index is 13.1. The third-order valence-corrected chi connectivity index (χ3v) is 6.78. The topological polar surface area (TPSA) is 74.1 Å². The molecule has 3 aromatic rings. The van der Waals surface area contributed by atoms with E-state index in [0.29, 0.717) is 29.6 Å². The fraction of sp³-hybridized carbons (Fsp3) is 0.429. The van der Waals surface area contributed by atoms with Crippen LogP contribution in [0.2, 0.25) is 0 Å². The van der Waals surface area contributed by atoms with Crippen molar-refractivity contribution in [1.29, 1.82) is 0 Å². The Hall–Kier alpha value is -3.32. The number of aryl methyl sites for hydroxylation is 4. The highest BCUT2D eigenvalue weighted by Crippen LogP contribution is 2.20. The third-order valence-electron chi connectivity index (χ3n) is 6.78. The minimum Gasteiger partial charge on any atom is -0.427 e. The Balaban J connectivity index is 1.58. The summed E-state index contributed by atoms with van der Waals surface area (Å²) in [5, 5.41) is 7.86. The van der Waals surface area contributed by atoms with Crippen LogP contribution in [0, 0.1) is 13.8 Å². The molecule has 3 rings (SSSR count). The van der Waals surface area contributed by atoms with Gasteiger partial charge in [-0.1, -0.05) is 23.4 Å². The van der Waals surface area contributed by atoms with E-state index in [-0.39, 0.29) is 18.2 Å². The molecule has 0 amide bonds. The van der Waals surface area contributed by atoms with Gasteiger partial charge in [0.15, 0.2) is 5.78 Å². The molecule has 0 saturated heterocycles. The molecule has 35 heavy (non-hydrogen) atoms. The molecule has 1 heterocycles. The second kappa shape index (κ2) is 11.9. The van der Waals surface area contributed by atoms with E-state index in [1.165, 1.54) is 11.1 Å². The van der Waals surface area contributed by atoms with Gasteiger partial charge >= 0.3 is 5.97 Å². The predicted octanol–water partition coefficient (Wildman–Crippen LogP) is 4.14. The molecule has 0 atom stereocenters. The first kappa shape index (κ1) is 26.3. The summed E-state index contributed by atoms with van der Waals surface area (Å²) in [6, 6.07) is 13.8. The van der Waals surface area contributed by atoms with E-state index in [0.717, 1.165) is 36.5 Å². The van der Waals surface area contributed by atoms with Gasteiger partial charge in [0.2, 0.25) is 0 Å². The number of aromatic nitrogens is 3. The fourth-order valence-electron chi connectivity index (χ4n) is 4.45. The van der Waals surface area contributed by atoms with E-state index >= 15 is 0 Å². The van der Waals surface area contributed by atoms with Crippen molar-refractivity contribution in [1.82, 2.24) is 15.0 Å². The Kier molecular flexibility index (Phi) is 8.93. The Bertz CT molecular complexity index is 1130. The van der Waals surface area contributed by atoms with Crippen molar-refractivity contribution < 1.29 is 18.8 Å². The molecule has 0 spiro atoms. The number of carbonyl (C=O) groups is 2. The van der Waals surface area contributed by atoms with Crippen LogP contribution in [0.25, 0.3) is 0 Å². The van der Waals surface area contributed by atoms with Gasteiger partial charge in [0.1, 0.15) is 18.8 Å². The standard InChI is InChI=1S/C28H37N4O3/c1-6-32(7-2,20-25(33)17-27-21(3)9-8-10-22(27)4)19-23-11-14-26(15-12-23)35-28(34)16-13-24-18-31(5)30-29-24/h8-12,14-15,18H,6-7,13,16-17,19-20H2,1-5H3/q+1. The summed E-state index contributed by atoms with van der Waals surface area (Å²) >= 11 is 0. The molecule has 0 fully saturated rings. The van der Waals surface area contributed by atoms with Gasteiger partial charge in [-0.2, -0.15) is 0 Å². The van der Waals surface area contributed by atoms with Crippen LogP contribution >= 0.6 is 0 Å². The second-order valence-electron chi connectivity index (χ2n) is 9.38. The van der Waals surface area contributed by atoms with Crippen molar-refractivity contribution in [3.05, 3.63) is 76.6 Å². The van der Waals surface area contributed by atoms with Crippen LogP contribution in [0.1, 0.15) is 48.2 Å². The van der Waals surface area contributed by atoms with Crippen LogP contribution < -0.4 is 4.74 Å². The van der Waals surface area contributed by atoms with Crippen molar-refractivity contribution in [2.24, 2.45) is 7.05 Å². The number of likely N-dealkylation sites (N-methyl/N-ethyl adjacent to an activating group) is 1. The maximum Gasteiger partial charge on any atom is 0.311 e. The minimum atomic E-state index is -0.298. The van der Waals surface area contributed by atoms with Crippen molar-refractivity contribution in [3.8, 4) is 5.75 Å². The van der Waals surface area contributed by atoms with Crippen LogP contribution in [-0.2, 0) is 36.0 Å². The first-order valence-electron chi connectivity index (χ1n) is 12.3. The molecule has 0 aliphatic heterocycles. The Labute approximate surface area is 208 Å². The van der Waals surface area contributed by atoms with Crippen molar-refractivity contribution in [2.75, 3.05) is 19.6 Å². The third kappa shape index (κ3) is 7.33. The number of nitrogens with zero attached hydrogens (tertiary/aromatic N) is 4. The Morgan fingerprint density at radius 3 is 2.23 bits per heavy atom. The molecule has 7 heteroatoms. The lowest BCUT2D eigenvalue weighted by molar-refractivity contribution is -0.930. The van der Waals surface area contributed by atoms with Crippen LogP contribution in [0.5, 0.6) is 5.75 Å². The number of rotatable bonds is 12. The number of quaternary nitrogens is 1. The lowest BCUT2D eigenvalue weighted by Crippen LogP contribution is -2.50. The molecule has 0 N–H and O–H groups in total. The average molecular weight is 478 g/mol. The maximum absolute atomic E-state index is 13.1. The van der Waals surface area contributed by atoms with Gasteiger partial charge in [0, 0.05) is 31.6 Å². The van der Waals surface area contributed by atoms with E-state index in [1.807, 2.05) is 30.3 Å². The molecule has 0 unspecified atom stereocenters. The number of ether oxygens (including phenoxy) is 1. The van der Waals surface area contributed by atoms with E-state index < -0.39 is 0 Å². The molecule has 1 aromatic heterocycles. The first-order valence-corrected chi connectivity index (χ1v) is 12.3. The molecule has 2 aromatic carbocycles. The van der Waals surface area contributed by atoms with E-state index in [4.69, 9.17) is 4.74 Å². The molecule has 186 valence electrons. The molecule has 7 nitrogen and oxygen atoms in total. The summed E-state index contributed by atoms with van der Waals surface area (Å²) in [6.07, 6.45) is 3.01. The number of esters is 1. The van der Waals surface area contributed by atoms with Gasteiger partial charge in [-0.3, -0.25) is 14.3 Å². The van der Waals surface area contributed by atoms with E-state index in [9.17, 15) is 9.59 Å². The number of hydrogen-bond acceptors (Lipinski definition) is 5. The molecular weight excluding hydrogens is 440 g/mol. The molecule has 0 aliphatic rings. The zero-order valence-corrected chi connectivity index (χ0v) is 21.6. The van der Waals surface area contributed by atoms with Gasteiger partial charge in [-0.15, -0.1) is 5.10 Å². The van der Waals surface area contributed by atoms with E-state index in [2.05, 4.69) is 50.1 Å². The number of Topliss-reactive ketones (excluding diaryl/α,β-unsaturated/α-hetero) is 1. The number of carbonyl (C=O) groups excluding carboxylic acids is 2. The summed E-state index contributed by atoms with van der Waals surface area (Å²) in [5.74, 6) is 0.489. The molecule has 0 radical (unpaired) electrons. The Morgan fingerprint density at radius 1 is 1.00 bits per heavy atom. The molecule has 0 saturated carbocycles. The van der Waals surface area contributed by atoms with Crippen LogP contribution in [0.3, 0.4) is 0 Å². The SMILES string of the molecule is CC[N+](CC)(CC(=O)Cc1c(C)cccc1C)Cc1ccc(OC(=O)CCc2cn(C)nn2)cc1. The smallest absolute Gasteiger partial charge is 0.311 e. The highest BCUT2D eigenvalue weighted by molar-refractivity contribution is 5.82.